The van der Waals surface area contributed by atoms with Gasteiger partial charge in [-0.1, -0.05) is 0 Å². The van der Waals surface area contributed by atoms with Crippen LogP contribution in [0.15, 0.2) is 0 Å². The summed E-state index contributed by atoms with van der Waals surface area (Å²) in [5, 5.41) is 0. The van der Waals surface area contributed by atoms with E-state index in [2.05, 4.69) is 0 Å². The molecule has 0 aliphatic carbocycles. The molecule has 0 atom stereocenters. The van der Waals surface area contributed by atoms with E-state index in [0.29, 0.717) is 0 Å². The Balaban J connectivity index is 3.73. The summed E-state index contributed by atoms with van der Waals surface area (Å²) >= 11 is -4.46. The van der Waals surface area contributed by atoms with Crippen molar-refractivity contribution in [2.45, 2.75) is 0 Å². The molecule has 0 unspecified atom stereocenters. The van der Waals surface area contributed by atoms with Crippen molar-refractivity contribution in [1.82, 2.24) is 0 Å². The first-order valence-corrected chi connectivity index (χ1v) is 16.5. The molecule has 0 rings (SSSR count). The topological polar surface area (TPSA) is 0 Å². The molecule has 0 aliphatic heterocycles. The molecule has 0 spiro atoms. The quantitative estimate of drug-likeness (QED) is 0.547. The summed E-state index contributed by atoms with van der Waals surface area (Å²) in [5.41, 5.74) is 0. The average molecular weight is 217 g/mol. The van der Waals surface area contributed by atoms with Crippen LogP contribution in [0.2, 0.25) is 0 Å². The number of hydrogen-bond donors (Lipinski definition) is 0. The molecule has 37 valence electrons. The van der Waals surface area contributed by atoms with Crippen molar-refractivity contribution < 1.29 is 0 Å². The maximum absolute atomic E-state index is 5.06. The molecular formula is CaCl5. The Hall–Kier alpha value is 2.71. The van der Waals surface area contributed by atoms with Gasteiger partial charge in [-0.25, -0.2) is 0 Å². The van der Waals surface area contributed by atoms with Gasteiger partial charge in [0.25, 0.3) is 0 Å². The van der Waals surface area contributed by atoms with Gasteiger partial charge in [0.2, 0.25) is 0 Å². The fraction of sp³-hybridized carbons (Fsp3) is 0. The van der Waals surface area contributed by atoms with E-state index in [9.17, 15) is 0 Å². The maximum atomic E-state index is 5.06. The van der Waals surface area contributed by atoms with E-state index in [-0.39, 0.29) is 0 Å². The van der Waals surface area contributed by atoms with Crippen LogP contribution >= 0.6 is 31.9 Å². The summed E-state index contributed by atoms with van der Waals surface area (Å²) < 4.78 is 0. The zero-order valence-electron chi connectivity index (χ0n) is 2.60. The van der Waals surface area contributed by atoms with Crippen LogP contribution in [0.3, 0.4) is 0 Å². The molecule has 0 aromatic rings. The van der Waals surface area contributed by atoms with Crippen molar-refractivity contribution in [3.05, 3.63) is 0 Å². The van der Waals surface area contributed by atoms with E-state index in [1.165, 1.54) is 0 Å². The average Bonchev–Trinajstić information content (AvgIpc) is 0.650. The molecule has 0 N–H and O–H groups in total. The van der Waals surface area contributed by atoms with Gasteiger partial charge in [0.1, 0.15) is 0 Å². The molecule has 0 heterocycles. The number of hydrogen-bond acceptors (Lipinski definition) is 0. The van der Waals surface area contributed by atoms with E-state index in [1.807, 2.05) is 0 Å². The minimum absolute atomic E-state index is 4.46. The third-order valence-corrected chi connectivity index (χ3v) is 0. The Morgan fingerprint density at radius 2 is 0.667 bits per heavy atom. The van der Waals surface area contributed by atoms with E-state index in [0.717, 1.165) is 0 Å². The molecule has 6 heteroatoms. The first-order valence-electron chi connectivity index (χ1n) is 1.34. The van der Waals surface area contributed by atoms with Gasteiger partial charge in [-0.05, 0) is 0 Å². The molecule has 0 amide bonds. The molecule has 6 heavy (non-hydrogen) atoms. The summed E-state index contributed by atoms with van der Waals surface area (Å²) in [5.74, 6) is 0. The fourth-order valence-electron chi connectivity index (χ4n) is 0. The third-order valence-electron chi connectivity index (χ3n) is 0. The van der Waals surface area contributed by atoms with Gasteiger partial charge in [0.05, 0.1) is 0 Å². The Morgan fingerprint density at radius 3 is 0.667 bits per heavy atom. The second-order valence-corrected chi connectivity index (χ2v) is 37.5. The van der Waals surface area contributed by atoms with Crippen molar-refractivity contribution in [1.29, 1.82) is 0 Å². The van der Waals surface area contributed by atoms with Crippen molar-refractivity contribution in [2.75, 3.05) is 0 Å². The van der Waals surface area contributed by atoms with Crippen LogP contribution in [0.25, 0.3) is 0 Å². The van der Waals surface area contributed by atoms with Gasteiger partial charge in [0.15, 0.2) is 0 Å². The molecule has 0 aliphatic rings. The van der Waals surface area contributed by atoms with Gasteiger partial charge in [0, 0.05) is 0 Å². The predicted molar refractivity (Wildman–Crippen MR) is 35.0 cm³/mol. The van der Waals surface area contributed by atoms with Crippen molar-refractivity contribution in [3.63, 3.8) is 0 Å². The van der Waals surface area contributed by atoms with Crippen molar-refractivity contribution >= 4 is 52.4 Å². The monoisotopic (exact) mass is 215 g/mol. The summed E-state index contributed by atoms with van der Waals surface area (Å²) in [7, 11) is 0. The zero-order chi connectivity index (χ0) is 5.45. The Morgan fingerprint density at radius 1 is 0.667 bits per heavy atom. The molecule has 0 saturated heterocycles. The predicted octanol–water partition coefficient (Wildman–Crippen LogP) is 3.07. The van der Waals surface area contributed by atoms with Crippen LogP contribution in [0, 0.1) is 0 Å². The second kappa shape index (κ2) is 2.15. The van der Waals surface area contributed by atoms with Crippen molar-refractivity contribution in [3.8, 4) is 0 Å². The normalized spacial score (nSPS) is 15.0. The van der Waals surface area contributed by atoms with E-state index in [1.54, 1.807) is 0 Å². The Kier molecular flexibility index (Phi) is 3.12. The van der Waals surface area contributed by atoms with E-state index in [4.69, 9.17) is 31.9 Å². The Labute approximate surface area is 50.9 Å². The molecule has 0 bridgehead atoms. The van der Waals surface area contributed by atoms with Crippen LogP contribution in [0.4, 0.5) is 0 Å². The third kappa shape index (κ3) is 29.8. The summed E-state index contributed by atoms with van der Waals surface area (Å²) in [4.78, 5) is 0. The molecule has 0 nitrogen and oxygen atoms in total. The van der Waals surface area contributed by atoms with Crippen LogP contribution in [0.1, 0.15) is 0 Å². The Bertz CT molecular complexity index is 37.1. The summed E-state index contributed by atoms with van der Waals surface area (Å²) in [6.07, 6.45) is 25.3. The molecule has 1 radical (unpaired) electrons. The molecular weight excluding hydrogens is 217 g/mol. The molecule has 0 aromatic heterocycles. The fourth-order valence-corrected chi connectivity index (χ4v) is 0. The van der Waals surface area contributed by atoms with Crippen LogP contribution in [0.5, 0.6) is 0 Å². The zero-order valence-corrected chi connectivity index (χ0v) is 8.58. The molecule has 0 saturated carbocycles. The first kappa shape index (κ1) is 8.71. The second-order valence-electron chi connectivity index (χ2n) is 1.01. The van der Waals surface area contributed by atoms with Crippen molar-refractivity contribution in [2.24, 2.45) is 0 Å². The van der Waals surface area contributed by atoms with Gasteiger partial charge in [-0.3, -0.25) is 0 Å². The summed E-state index contributed by atoms with van der Waals surface area (Å²) in [6.45, 7) is 0. The van der Waals surface area contributed by atoms with Gasteiger partial charge < -0.3 is 0 Å². The van der Waals surface area contributed by atoms with Gasteiger partial charge in [-0.2, -0.15) is 0 Å². The molecule has 0 fully saturated rings. The van der Waals surface area contributed by atoms with Gasteiger partial charge in [-0.15, -0.1) is 0 Å². The number of halogens is 5. The standard InChI is InChI=1S/Ca.5ClH/h;5*1H/q+5;;;;;/p-5. The van der Waals surface area contributed by atoms with E-state index >= 15 is 0 Å². The van der Waals surface area contributed by atoms with E-state index < -0.39 is 20.5 Å². The first-order chi connectivity index (χ1) is 2.24. The van der Waals surface area contributed by atoms with Crippen LogP contribution in [-0.2, 0) is 0 Å². The van der Waals surface area contributed by atoms with Crippen LogP contribution < -0.4 is 0 Å². The molecule has 0 aromatic carbocycles. The van der Waals surface area contributed by atoms with Crippen LogP contribution in [-0.4, -0.2) is 20.5 Å². The minimum atomic E-state index is -4.46. The SMILES string of the molecule is [Cl][Ca]([Cl])([Cl])([Cl])[Cl]. The summed E-state index contributed by atoms with van der Waals surface area (Å²) in [6, 6.07) is 0. The van der Waals surface area contributed by atoms with Gasteiger partial charge >= 0.3 is 52.4 Å². The number of rotatable bonds is 0.